The number of aliphatic carboxylic acids is 1. The fourth-order valence-corrected chi connectivity index (χ4v) is 5.16. The van der Waals surface area contributed by atoms with Crippen LogP contribution in [0.15, 0.2) is 61.1 Å². The van der Waals surface area contributed by atoms with Gasteiger partial charge in [-0.05, 0) is 68.1 Å². The third-order valence-electron chi connectivity index (χ3n) is 7.68. The van der Waals surface area contributed by atoms with Crippen molar-refractivity contribution in [2.75, 3.05) is 45.0 Å². The van der Waals surface area contributed by atoms with Crippen LogP contribution >= 0.6 is 0 Å². The Hall–Kier alpha value is -5.08. The zero-order chi connectivity index (χ0) is 33.6. The van der Waals surface area contributed by atoms with Crippen LogP contribution in [0, 0.1) is 0 Å². The molecular formula is C34H41N7O7. The fraction of sp³-hybridized carbons (Fsp3) is 0.412. The van der Waals surface area contributed by atoms with Gasteiger partial charge in [-0.1, -0.05) is 6.07 Å². The van der Waals surface area contributed by atoms with Crippen LogP contribution in [0.1, 0.15) is 59.9 Å². The number of carbonyl (C=O) groups excluding carboxylic acids is 1. The van der Waals surface area contributed by atoms with Gasteiger partial charge in [0.15, 0.2) is 11.6 Å². The quantitative estimate of drug-likeness (QED) is 0.123. The van der Waals surface area contributed by atoms with Gasteiger partial charge in [0.05, 0.1) is 25.8 Å². The minimum Gasteiger partial charge on any atom is -0.494 e. The van der Waals surface area contributed by atoms with E-state index >= 15 is 0 Å². The lowest BCUT2D eigenvalue weighted by Gasteiger charge is -2.27. The fourth-order valence-electron chi connectivity index (χ4n) is 5.16. The van der Waals surface area contributed by atoms with Gasteiger partial charge >= 0.3 is 5.97 Å². The van der Waals surface area contributed by atoms with Crippen molar-refractivity contribution in [3.8, 4) is 23.0 Å². The van der Waals surface area contributed by atoms with Crippen molar-refractivity contribution >= 4 is 17.6 Å². The molecule has 1 amide bonds. The molecule has 0 fully saturated rings. The predicted octanol–water partition coefficient (Wildman–Crippen LogP) is 4.19. The van der Waals surface area contributed by atoms with Crippen LogP contribution < -0.4 is 20.1 Å². The number of nitrogens with one attached hydrogen (secondary N) is 2. The second-order valence-electron chi connectivity index (χ2n) is 11.2. The van der Waals surface area contributed by atoms with Gasteiger partial charge in [-0.15, -0.1) is 10.2 Å². The summed E-state index contributed by atoms with van der Waals surface area (Å²) in [5.74, 6) is 1.69. The lowest BCUT2D eigenvalue weighted by atomic mass is 9.99. The molecule has 0 aliphatic carbocycles. The molecule has 0 saturated carbocycles. The molecule has 0 saturated heterocycles. The number of unbranched alkanes of at least 4 members (excludes halogenated alkanes) is 2. The molecule has 254 valence electrons. The Kier molecular flexibility index (Phi) is 12.7. The first kappa shape index (κ1) is 34.3. The summed E-state index contributed by atoms with van der Waals surface area (Å²) in [4.78, 5) is 32.0. The first-order valence-electron chi connectivity index (χ1n) is 16.0. The lowest BCUT2D eigenvalue weighted by Crippen LogP contribution is -2.32. The summed E-state index contributed by atoms with van der Waals surface area (Å²) in [5, 5.41) is 23.6. The highest BCUT2D eigenvalue weighted by atomic mass is 16.5. The molecule has 4 aromatic rings. The van der Waals surface area contributed by atoms with E-state index in [-0.39, 0.29) is 18.6 Å². The highest BCUT2D eigenvalue weighted by molar-refractivity contribution is 5.95. The van der Waals surface area contributed by atoms with E-state index in [9.17, 15) is 9.59 Å². The molecule has 5 rings (SSSR count). The van der Waals surface area contributed by atoms with Crippen LogP contribution in [0.2, 0.25) is 0 Å². The Morgan fingerprint density at radius 3 is 2.71 bits per heavy atom. The van der Waals surface area contributed by atoms with Gasteiger partial charge < -0.3 is 39.3 Å². The van der Waals surface area contributed by atoms with E-state index in [4.69, 9.17) is 24.1 Å². The molecule has 1 aliphatic rings. The first-order valence-corrected chi connectivity index (χ1v) is 16.0. The van der Waals surface area contributed by atoms with Crippen molar-refractivity contribution in [2.24, 2.45) is 7.05 Å². The minimum atomic E-state index is -0.966. The Bertz CT molecular complexity index is 1630. The van der Waals surface area contributed by atoms with E-state index in [0.29, 0.717) is 69.5 Å². The maximum atomic E-state index is 13.4. The highest BCUT2D eigenvalue weighted by Crippen LogP contribution is 2.35. The number of nitrogens with zero attached hydrogens (tertiary/aromatic N) is 5. The van der Waals surface area contributed by atoms with E-state index in [2.05, 4.69) is 30.8 Å². The molecule has 14 heteroatoms. The van der Waals surface area contributed by atoms with E-state index in [1.807, 2.05) is 48.0 Å². The average molecular weight is 660 g/mol. The smallest absolute Gasteiger partial charge is 0.329 e. The number of carboxylic acid groups (broad SMARTS) is 1. The molecule has 2 aromatic carbocycles. The molecule has 1 atom stereocenters. The second kappa shape index (κ2) is 17.7. The number of carbonyl (C=O) groups is 2. The summed E-state index contributed by atoms with van der Waals surface area (Å²) in [7, 11) is 1.88. The molecule has 14 nitrogen and oxygen atoms in total. The van der Waals surface area contributed by atoms with E-state index in [0.717, 1.165) is 47.8 Å². The summed E-state index contributed by atoms with van der Waals surface area (Å²) in [6, 6.07) is 14.7. The van der Waals surface area contributed by atoms with Crippen molar-refractivity contribution in [1.82, 2.24) is 30.0 Å². The molecule has 0 radical (unpaired) electrons. The van der Waals surface area contributed by atoms with Crippen LogP contribution in [-0.2, 0) is 27.9 Å². The van der Waals surface area contributed by atoms with Gasteiger partial charge in [-0.25, -0.2) is 14.8 Å². The number of benzene rings is 2. The summed E-state index contributed by atoms with van der Waals surface area (Å²) in [6.45, 7) is 2.77. The Balaban J connectivity index is 1.06. The van der Waals surface area contributed by atoms with Gasteiger partial charge in [0.1, 0.15) is 30.1 Å². The third-order valence-corrected chi connectivity index (χ3v) is 7.68. The number of carboxylic acids is 1. The predicted molar refractivity (Wildman–Crippen MR) is 176 cm³/mol. The number of hydrogen-bond donors (Lipinski definition) is 3. The van der Waals surface area contributed by atoms with Crippen molar-refractivity contribution in [1.29, 1.82) is 0 Å². The monoisotopic (exact) mass is 659 g/mol. The number of ether oxygens (including phenoxy) is 4. The molecule has 0 spiro atoms. The molecule has 48 heavy (non-hydrogen) atoms. The maximum Gasteiger partial charge on any atom is 0.329 e. The zero-order valence-corrected chi connectivity index (χ0v) is 27.0. The number of rotatable bonds is 19. The summed E-state index contributed by atoms with van der Waals surface area (Å²) >= 11 is 0. The molecule has 0 bridgehead atoms. The number of amides is 1. The average Bonchev–Trinajstić information content (AvgIpc) is 3.48. The standard InChI is InChI=1S/C34H41N7O7/c1-41-31(39-40-33(41)29-11-13-35-23-37-29)21-36-25-8-5-7-24(19-25)34(44)38-28-12-18-48-30-10-9-26(20-27(28)30)47-17-4-2-3-14-45-15-6-16-46-22-32(42)43/h5,7-11,13,19-20,23,28,36H,2-4,6,12,14-18,21-22H2,1H3,(H,38,44)(H,42,43)/t28-/m0/s1. The number of fused-ring (bicyclic) bond motifs is 1. The second-order valence-corrected chi connectivity index (χ2v) is 11.2. The Morgan fingerprint density at radius 1 is 1.00 bits per heavy atom. The van der Waals surface area contributed by atoms with E-state index in [1.54, 1.807) is 18.3 Å². The molecule has 3 N–H and O–H groups in total. The number of aromatic nitrogens is 5. The SMILES string of the molecule is Cn1c(CNc2cccc(C(=O)N[C@H]3CCOc4ccc(OCCCCCOCCCOCC(=O)O)cc43)c2)nnc1-c1ccncn1. The molecule has 1 aliphatic heterocycles. The van der Waals surface area contributed by atoms with E-state index in [1.165, 1.54) is 6.33 Å². The van der Waals surface area contributed by atoms with Crippen LogP contribution in [-0.4, -0.2) is 81.4 Å². The molecular weight excluding hydrogens is 618 g/mol. The normalized spacial score (nSPS) is 13.7. The van der Waals surface area contributed by atoms with Crippen LogP contribution in [0.25, 0.3) is 11.5 Å². The van der Waals surface area contributed by atoms with Gasteiger partial charge in [0, 0.05) is 56.3 Å². The molecule has 2 aromatic heterocycles. The van der Waals surface area contributed by atoms with Crippen molar-refractivity contribution in [3.05, 3.63) is 78.0 Å². The largest absolute Gasteiger partial charge is 0.494 e. The zero-order valence-electron chi connectivity index (χ0n) is 27.0. The van der Waals surface area contributed by atoms with E-state index < -0.39 is 5.97 Å². The van der Waals surface area contributed by atoms with Crippen LogP contribution in [0.5, 0.6) is 11.5 Å². The van der Waals surface area contributed by atoms with Gasteiger partial charge in [-0.3, -0.25) is 4.79 Å². The van der Waals surface area contributed by atoms with Crippen LogP contribution in [0.3, 0.4) is 0 Å². The van der Waals surface area contributed by atoms with Gasteiger partial charge in [0.2, 0.25) is 0 Å². The van der Waals surface area contributed by atoms with Crippen molar-refractivity contribution < 1.29 is 33.6 Å². The van der Waals surface area contributed by atoms with Gasteiger partial charge in [0.25, 0.3) is 5.91 Å². The Morgan fingerprint density at radius 2 is 1.85 bits per heavy atom. The van der Waals surface area contributed by atoms with Crippen molar-refractivity contribution in [3.63, 3.8) is 0 Å². The highest BCUT2D eigenvalue weighted by Gasteiger charge is 2.24. The first-order chi connectivity index (χ1) is 23.5. The number of hydrogen-bond acceptors (Lipinski definition) is 11. The van der Waals surface area contributed by atoms with Crippen LogP contribution in [0.4, 0.5) is 5.69 Å². The summed E-state index contributed by atoms with van der Waals surface area (Å²) in [5.41, 5.74) is 2.90. The summed E-state index contributed by atoms with van der Waals surface area (Å²) in [6.07, 6.45) is 7.20. The maximum absolute atomic E-state index is 13.4. The lowest BCUT2D eigenvalue weighted by molar-refractivity contribution is -0.142. The van der Waals surface area contributed by atoms with Gasteiger partial charge in [-0.2, -0.15) is 0 Å². The Labute approximate surface area is 278 Å². The minimum absolute atomic E-state index is 0.178. The molecule has 0 unspecified atom stereocenters. The third kappa shape index (κ3) is 9.96. The summed E-state index contributed by atoms with van der Waals surface area (Å²) < 4.78 is 24.3. The van der Waals surface area contributed by atoms with Crippen molar-refractivity contribution in [2.45, 2.75) is 44.7 Å². The number of anilines is 1. The topological polar surface area (TPSA) is 172 Å². The molecule has 3 heterocycles.